The molecule has 0 spiro atoms. The van der Waals surface area contributed by atoms with E-state index in [9.17, 15) is 19.2 Å². The van der Waals surface area contributed by atoms with Crippen molar-refractivity contribution in [3.05, 3.63) is 70.8 Å². The van der Waals surface area contributed by atoms with E-state index in [1.54, 1.807) is 42.5 Å². The van der Waals surface area contributed by atoms with Crippen molar-refractivity contribution in [2.75, 3.05) is 7.11 Å². The highest BCUT2D eigenvalue weighted by Crippen LogP contribution is 2.15. The molecule has 3 rings (SSSR count). The lowest BCUT2D eigenvalue weighted by Crippen LogP contribution is -2.24. The van der Waals surface area contributed by atoms with Crippen molar-refractivity contribution in [3.63, 3.8) is 0 Å². The summed E-state index contributed by atoms with van der Waals surface area (Å²) in [5, 5.41) is 2.20. The lowest BCUT2D eigenvalue weighted by atomic mass is 10.1. The van der Waals surface area contributed by atoms with Gasteiger partial charge in [-0.3, -0.25) is 24.5 Å². The number of imide groups is 1. The first kappa shape index (κ1) is 27.5. The van der Waals surface area contributed by atoms with Gasteiger partial charge in [-0.25, -0.2) is 10.3 Å². The highest BCUT2D eigenvalue weighted by Gasteiger charge is 2.25. The van der Waals surface area contributed by atoms with Gasteiger partial charge in [-0.05, 0) is 57.0 Å². The number of amides is 3. The number of rotatable bonds is 5. The first-order valence-corrected chi connectivity index (χ1v) is 10.7. The largest absolute Gasteiger partial charge is 0.456 e. The van der Waals surface area contributed by atoms with Gasteiger partial charge in [0.25, 0.3) is 11.8 Å². The Balaban J connectivity index is 0.000000349. The molecule has 0 saturated heterocycles. The molecule has 2 aromatic carbocycles. The van der Waals surface area contributed by atoms with E-state index in [1.807, 2.05) is 40.7 Å². The molecule has 178 valence electrons. The molecule has 2 N–H and O–H groups in total. The van der Waals surface area contributed by atoms with E-state index in [0.717, 1.165) is 5.56 Å². The van der Waals surface area contributed by atoms with Crippen molar-refractivity contribution in [2.45, 2.75) is 53.1 Å². The number of hydrogen-bond donors (Lipinski definition) is 2. The van der Waals surface area contributed by atoms with Crippen LogP contribution in [0.3, 0.4) is 0 Å². The maximum Gasteiger partial charge on any atom is 0.338 e. The number of esters is 1. The summed E-state index contributed by atoms with van der Waals surface area (Å²) < 4.78 is 5.30. The van der Waals surface area contributed by atoms with Crippen LogP contribution < -0.4 is 10.8 Å². The van der Waals surface area contributed by atoms with Crippen molar-refractivity contribution >= 4 is 23.7 Å². The summed E-state index contributed by atoms with van der Waals surface area (Å²) in [4.78, 5) is 49.6. The summed E-state index contributed by atoms with van der Waals surface area (Å²) in [6.07, 6.45) is 0.831. The monoisotopic (exact) mass is 456 g/mol. The zero-order valence-corrected chi connectivity index (χ0v) is 20.0. The van der Waals surface area contributed by atoms with Crippen LogP contribution in [0.2, 0.25) is 0 Å². The van der Waals surface area contributed by atoms with E-state index in [4.69, 9.17) is 4.74 Å². The van der Waals surface area contributed by atoms with Crippen LogP contribution in [0.25, 0.3) is 0 Å². The third-order valence-corrected chi connectivity index (χ3v) is 4.06. The number of ether oxygens (including phenoxy) is 1. The van der Waals surface area contributed by atoms with E-state index in [-0.39, 0.29) is 23.7 Å². The molecule has 0 aliphatic carbocycles. The smallest absolute Gasteiger partial charge is 0.338 e. The van der Waals surface area contributed by atoms with Crippen LogP contribution in [0.4, 0.5) is 0 Å². The number of hydrogen-bond acceptors (Lipinski definition) is 6. The van der Waals surface area contributed by atoms with Crippen molar-refractivity contribution in [1.29, 1.82) is 0 Å². The van der Waals surface area contributed by atoms with Gasteiger partial charge >= 0.3 is 5.97 Å². The number of carbonyl (C=O) groups excluding carboxylic acids is 4. The maximum absolute atomic E-state index is 11.9. The molecular weight excluding hydrogens is 424 g/mol. The molecule has 0 radical (unpaired) electrons. The Morgan fingerprint density at radius 1 is 0.939 bits per heavy atom. The van der Waals surface area contributed by atoms with Crippen LogP contribution in [0, 0.1) is 0 Å². The van der Waals surface area contributed by atoms with Gasteiger partial charge in [0.05, 0.1) is 23.8 Å². The van der Waals surface area contributed by atoms with E-state index < -0.39 is 5.60 Å². The summed E-state index contributed by atoms with van der Waals surface area (Å²) in [5.41, 5.74) is 4.06. The minimum Gasteiger partial charge on any atom is -0.456 e. The molecule has 1 aliphatic rings. The second-order valence-electron chi connectivity index (χ2n) is 7.76. The molecule has 2 aromatic rings. The molecule has 0 fully saturated rings. The third-order valence-electron chi connectivity index (χ3n) is 4.06. The van der Waals surface area contributed by atoms with E-state index >= 15 is 0 Å². The van der Waals surface area contributed by atoms with Gasteiger partial charge < -0.3 is 4.74 Å². The molecule has 8 nitrogen and oxygen atoms in total. The molecular formula is C25H32N2O6. The summed E-state index contributed by atoms with van der Waals surface area (Å²) in [6, 6.07) is 13.8. The Bertz CT molecular complexity index is 946. The Morgan fingerprint density at radius 2 is 1.52 bits per heavy atom. The fourth-order valence-electron chi connectivity index (χ4n) is 2.73. The molecule has 1 aliphatic heterocycles. The molecule has 3 amide bonds. The first-order valence-electron chi connectivity index (χ1n) is 10.7. The normalized spacial score (nSPS) is 11.7. The fourth-order valence-corrected chi connectivity index (χ4v) is 2.73. The zero-order chi connectivity index (χ0) is 25.0. The van der Waals surface area contributed by atoms with Crippen LogP contribution in [-0.2, 0) is 20.8 Å². The molecule has 8 heteroatoms. The number of fused-ring (bicyclic) bond motifs is 1. The highest BCUT2D eigenvalue weighted by atomic mass is 16.6. The zero-order valence-electron chi connectivity index (χ0n) is 20.0. The van der Waals surface area contributed by atoms with Crippen molar-refractivity contribution in [2.24, 2.45) is 0 Å². The highest BCUT2D eigenvalue weighted by molar-refractivity contribution is 6.21. The number of carbonyl (C=O) groups is 4. The molecule has 1 heterocycles. The molecule has 33 heavy (non-hydrogen) atoms. The minimum absolute atomic E-state index is 0.199. The number of benzene rings is 2. The van der Waals surface area contributed by atoms with Crippen LogP contribution >= 0.6 is 0 Å². The lowest BCUT2D eigenvalue weighted by molar-refractivity contribution is -0.131. The van der Waals surface area contributed by atoms with Gasteiger partial charge in [0, 0.05) is 6.42 Å². The molecule has 0 bridgehead atoms. The molecule has 0 unspecified atom stereocenters. The SMILES string of the molecule is CC.CONC(=O)CCc1cccc(C(=O)OC(C)(C)C)c1.O=C1NC(=O)c2ccccc21. The van der Waals surface area contributed by atoms with E-state index in [2.05, 4.69) is 15.6 Å². The van der Waals surface area contributed by atoms with Crippen LogP contribution in [-0.4, -0.2) is 36.4 Å². The number of hydroxylamine groups is 1. The predicted octanol–water partition coefficient (Wildman–Crippen LogP) is 3.85. The van der Waals surface area contributed by atoms with E-state index in [0.29, 0.717) is 29.5 Å². The number of nitrogens with one attached hydrogen (secondary N) is 2. The molecule has 0 aromatic heterocycles. The van der Waals surface area contributed by atoms with Crippen molar-refractivity contribution in [3.8, 4) is 0 Å². The standard InChI is InChI=1S/C15H21NO4.C8H5NO2.C2H6/c1-15(2,3)20-14(18)12-7-5-6-11(10-12)8-9-13(17)16-19-4;10-7-5-3-1-2-4-6(5)8(11)9-7;1-2/h5-7,10H,8-9H2,1-4H3,(H,16,17);1-4H,(H,9,10,11);1-2H3. The van der Waals surface area contributed by atoms with Crippen LogP contribution in [0.5, 0.6) is 0 Å². The average molecular weight is 457 g/mol. The summed E-state index contributed by atoms with van der Waals surface area (Å²) in [7, 11) is 1.39. The third kappa shape index (κ3) is 9.24. The lowest BCUT2D eigenvalue weighted by Gasteiger charge is -2.19. The topological polar surface area (TPSA) is 111 Å². The second kappa shape index (κ2) is 13.1. The fraction of sp³-hybridized carbons (Fsp3) is 0.360. The van der Waals surface area contributed by atoms with Crippen molar-refractivity contribution < 1.29 is 28.8 Å². The van der Waals surface area contributed by atoms with E-state index in [1.165, 1.54) is 7.11 Å². The quantitative estimate of drug-likeness (QED) is 0.402. The first-order chi connectivity index (χ1) is 15.6. The van der Waals surface area contributed by atoms with Gasteiger partial charge in [-0.1, -0.05) is 38.1 Å². The number of aryl methyl sites for hydroxylation is 1. The minimum atomic E-state index is -0.522. The Morgan fingerprint density at radius 3 is 2.03 bits per heavy atom. The van der Waals surface area contributed by atoms with Gasteiger partial charge in [-0.2, -0.15) is 0 Å². The summed E-state index contributed by atoms with van der Waals surface area (Å²) in [6.45, 7) is 9.47. The average Bonchev–Trinajstić information content (AvgIpc) is 3.07. The van der Waals surface area contributed by atoms with Crippen molar-refractivity contribution in [1.82, 2.24) is 10.8 Å². The van der Waals surface area contributed by atoms with Crippen LogP contribution in [0.1, 0.15) is 77.7 Å². The molecule has 0 atom stereocenters. The Labute approximate surface area is 194 Å². The Hall–Kier alpha value is -3.52. The van der Waals surface area contributed by atoms with Gasteiger partial charge in [0.15, 0.2) is 0 Å². The second-order valence-corrected chi connectivity index (χ2v) is 7.76. The van der Waals surface area contributed by atoms with Crippen LogP contribution in [0.15, 0.2) is 48.5 Å². The van der Waals surface area contributed by atoms with Gasteiger partial charge in [0.2, 0.25) is 5.91 Å². The summed E-state index contributed by atoms with van der Waals surface area (Å²) in [5.74, 6) is -1.16. The maximum atomic E-state index is 11.9. The van der Waals surface area contributed by atoms with Gasteiger partial charge in [-0.15, -0.1) is 0 Å². The molecule has 0 saturated carbocycles. The Kier molecular flexibility index (Phi) is 10.9. The summed E-state index contributed by atoms with van der Waals surface area (Å²) >= 11 is 0. The van der Waals surface area contributed by atoms with Gasteiger partial charge in [0.1, 0.15) is 5.60 Å². The predicted molar refractivity (Wildman–Crippen MR) is 125 cm³/mol.